The summed E-state index contributed by atoms with van der Waals surface area (Å²) in [4.78, 5) is 2.36. The van der Waals surface area contributed by atoms with E-state index in [1.54, 1.807) is 0 Å². The van der Waals surface area contributed by atoms with Gasteiger partial charge < -0.3 is 9.30 Å². The van der Waals surface area contributed by atoms with Crippen LogP contribution in [0.15, 0.2) is 54.6 Å². The van der Waals surface area contributed by atoms with Gasteiger partial charge in [0.15, 0.2) is 10.6 Å². The summed E-state index contributed by atoms with van der Waals surface area (Å²) in [6.45, 7) is 3.17. The van der Waals surface area contributed by atoms with Crippen LogP contribution in [0.25, 0.3) is 11.4 Å². The van der Waals surface area contributed by atoms with Gasteiger partial charge in [0.2, 0.25) is 0 Å². The fourth-order valence-electron chi connectivity index (χ4n) is 3.71. The normalized spacial score (nSPS) is 16.6. The molecule has 1 unspecified atom stereocenters. The zero-order valence-electron chi connectivity index (χ0n) is 16.5. The molecule has 0 radical (unpaired) electrons. The minimum Gasteiger partial charge on any atom is -0.377 e. The second kappa shape index (κ2) is 9.22. The Kier molecular flexibility index (Phi) is 6.45. The molecule has 0 spiro atoms. The van der Waals surface area contributed by atoms with E-state index in [-0.39, 0.29) is 6.10 Å². The first-order valence-electron chi connectivity index (χ1n) is 9.88. The molecule has 2 aromatic carbocycles. The topological polar surface area (TPSA) is 35.2 Å². The molecule has 0 saturated carbocycles. The maximum atomic E-state index is 6.03. The van der Waals surface area contributed by atoms with Crippen LogP contribution in [-0.4, -0.2) is 38.5 Å². The Hall–Kier alpha value is -1.99. The molecule has 29 heavy (non-hydrogen) atoms. The second-order valence-electron chi connectivity index (χ2n) is 7.45. The molecular weight excluding hydrogens is 404 g/mol. The van der Waals surface area contributed by atoms with Crippen LogP contribution in [0.4, 0.5) is 0 Å². The van der Waals surface area contributed by atoms with Gasteiger partial charge in [-0.15, -0.1) is 0 Å². The molecule has 4 rings (SSSR count). The molecule has 5 nitrogen and oxygen atoms in total. The van der Waals surface area contributed by atoms with Gasteiger partial charge in [0.1, 0.15) is 0 Å². The first-order chi connectivity index (χ1) is 14.1. The lowest BCUT2D eigenvalue weighted by Gasteiger charge is -2.25. The van der Waals surface area contributed by atoms with E-state index in [2.05, 4.69) is 29.2 Å². The zero-order valence-corrected chi connectivity index (χ0v) is 18.1. The summed E-state index contributed by atoms with van der Waals surface area (Å²) in [6.07, 6.45) is 2.51. The molecular formula is C22H25ClN4OS. The van der Waals surface area contributed by atoms with E-state index in [0.717, 1.165) is 43.9 Å². The number of hydrogen-bond donors (Lipinski definition) is 0. The Balaban J connectivity index is 1.58. The molecule has 0 bridgehead atoms. The van der Waals surface area contributed by atoms with Crippen molar-refractivity contribution >= 4 is 23.8 Å². The summed E-state index contributed by atoms with van der Waals surface area (Å²) in [5, 5.41) is 5.52. The average molecular weight is 429 g/mol. The highest BCUT2D eigenvalue weighted by molar-refractivity contribution is 7.71. The van der Waals surface area contributed by atoms with Gasteiger partial charge in [-0.2, -0.15) is 5.10 Å². The van der Waals surface area contributed by atoms with Crippen molar-refractivity contribution in [3.63, 3.8) is 0 Å². The van der Waals surface area contributed by atoms with Crippen molar-refractivity contribution in [2.45, 2.75) is 32.2 Å². The molecule has 152 valence electrons. The first kappa shape index (κ1) is 20.3. The summed E-state index contributed by atoms with van der Waals surface area (Å²) < 4.78 is 10.4. The third-order valence-electron chi connectivity index (χ3n) is 5.21. The van der Waals surface area contributed by atoms with Crippen molar-refractivity contribution < 1.29 is 4.74 Å². The number of aromatic nitrogens is 3. The highest BCUT2D eigenvalue weighted by Crippen LogP contribution is 2.21. The van der Waals surface area contributed by atoms with Gasteiger partial charge in [0.05, 0.1) is 12.8 Å². The minimum atomic E-state index is 0.271. The predicted octanol–water partition coefficient (Wildman–Crippen LogP) is 4.91. The summed E-state index contributed by atoms with van der Waals surface area (Å²) in [7, 11) is 1.96. The Labute approximate surface area is 181 Å². The quantitative estimate of drug-likeness (QED) is 0.501. The van der Waals surface area contributed by atoms with E-state index in [0.29, 0.717) is 16.5 Å². The SMILES string of the molecule is Cn1c(-c2ccc(Cl)cc2)nn(CN(Cc2ccccc2)CC2CCCO2)c1=S. The summed E-state index contributed by atoms with van der Waals surface area (Å²) in [5.41, 5.74) is 2.27. The third kappa shape index (κ3) is 4.95. The monoisotopic (exact) mass is 428 g/mol. The lowest BCUT2D eigenvalue weighted by molar-refractivity contribution is 0.0567. The third-order valence-corrected chi connectivity index (χ3v) is 5.95. The smallest absolute Gasteiger partial charge is 0.199 e. The molecule has 1 fully saturated rings. The van der Waals surface area contributed by atoms with Crippen molar-refractivity contribution in [2.24, 2.45) is 7.05 Å². The molecule has 1 atom stereocenters. The predicted molar refractivity (Wildman–Crippen MR) is 118 cm³/mol. The first-order valence-corrected chi connectivity index (χ1v) is 10.7. The van der Waals surface area contributed by atoms with Crippen LogP contribution in [0.1, 0.15) is 18.4 Å². The standard InChI is InChI=1S/C22H25ClN4OS/c1-25-21(18-9-11-19(23)12-10-18)24-27(22(25)29)16-26(15-20-8-5-13-28-20)14-17-6-3-2-4-7-17/h2-4,6-7,9-12,20H,5,8,13-16H2,1H3. The number of benzene rings is 2. The Morgan fingerprint density at radius 1 is 1.17 bits per heavy atom. The fourth-order valence-corrected chi connectivity index (χ4v) is 4.02. The van der Waals surface area contributed by atoms with Crippen LogP contribution in [0.2, 0.25) is 5.02 Å². The van der Waals surface area contributed by atoms with Gasteiger partial charge in [-0.05, 0) is 54.9 Å². The number of rotatable bonds is 7. The van der Waals surface area contributed by atoms with Crippen LogP contribution in [0, 0.1) is 4.77 Å². The Morgan fingerprint density at radius 3 is 2.62 bits per heavy atom. The lowest BCUT2D eigenvalue weighted by Crippen LogP contribution is -2.34. The molecule has 2 heterocycles. The summed E-state index contributed by atoms with van der Waals surface area (Å²) >= 11 is 11.7. The van der Waals surface area contributed by atoms with E-state index in [1.165, 1.54) is 5.56 Å². The van der Waals surface area contributed by atoms with Crippen LogP contribution in [0.3, 0.4) is 0 Å². The summed E-state index contributed by atoms with van der Waals surface area (Å²) in [5.74, 6) is 0.837. The number of halogens is 1. The Bertz CT molecular complexity index is 994. The molecule has 1 aromatic heterocycles. The molecule has 1 saturated heterocycles. The lowest BCUT2D eigenvalue weighted by atomic mass is 10.2. The number of ether oxygens (including phenoxy) is 1. The van der Waals surface area contributed by atoms with Crippen molar-refractivity contribution in [1.29, 1.82) is 0 Å². The minimum absolute atomic E-state index is 0.271. The molecule has 7 heteroatoms. The van der Waals surface area contributed by atoms with Crippen molar-refractivity contribution in [3.8, 4) is 11.4 Å². The van der Waals surface area contributed by atoms with Gasteiger partial charge in [-0.3, -0.25) is 4.90 Å². The second-order valence-corrected chi connectivity index (χ2v) is 8.25. The highest BCUT2D eigenvalue weighted by Gasteiger charge is 2.21. The summed E-state index contributed by atoms with van der Waals surface area (Å²) in [6, 6.07) is 18.2. The van der Waals surface area contributed by atoms with Gasteiger partial charge >= 0.3 is 0 Å². The fraction of sp³-hybridized carbons (Fsp3) is 0.364. The van der Waals surface area contributed by atoms with E-state index in [1.807, 2.05) is 46.6 Å². The van der Waals surface area contributed by atoms with Crippen LogP contribution in [0.5, 0.6) is 0 Å². The van der Waals surface area contributed by atoms with E-state index >= 15 is 0 Å². The van der Waals surface area contributed by atoms with E-state index in [4.69, 9.17) is 33.7 Å². The van der Waals surface area contributed by atoms with E-state index < -0.39 is 0 Å². The highest BCUT2D eigenvalue weighted by atomic mass is 35.5. The molecule has 1 aliphatic heterocycles. The largest absolute Gasteiger partial charge is 0.377 e. The zero-order chi connectivity index (χ0) is 20.2. The maximum Gasteiger partial charge on any atom is 0.199 e. The molecule has 0 N–H and O–H groups in total. The maximum absolute atomic E-state index is 6.03. The van der Waals surface area contributed by atoms with Gasteiger partial charge in [0.25, 0.3) is 0 Å². The molecule has 3 aromatic rings. The van der Waals surface area contributed by atoms with Gasteiger partial charge in [0, 0.05) is 37.3 Å². The molecule has 0 aliphatic carbocycles. The Morgan fingerprint density at radius 2 is 1.93 bits per heavy atom. The molecule has 0 amide bonds. The van der Waals surface area contributed by atoms with Crippen molar-refractivity contribution in [2.75, 3.05) is 13.2 Å². The van der Waals surface area contributed by atoms with Gasteiger partial charge in [-0.25, -0.2) is 4.68 Å². The van der Waals surface area contributed by atoms with Crippen molar-refractivity contribution in [1.82, 2.24) is 19.2 Å². The van der Waals surface area contributed by atoms with Crippen LogP contribution < -0.4 is 0 Å². The average Bonchev–Trinajstić information content (AvgIpc) is 3.33. The number of nitrogens with zero attached hydrogens (tertiary/aromatic N) is 4. The van der Waals surface area contributed by atoms with Crippen molar-refractivity contribution in [3.05, 3.63) is 70.0 Å². The molecule has 1 aliphatic rings. The van der Waals surface area contributed by atoms with Crippen LogP contribution >= 0.6 is 23.8 Å². The van der Waals surface area contributed by atoms with Crippen LogP contribution in [-0.2, 0) is 25.0 Å². The number of hydrogen-bond acceptors (Lipinski definition) is 4. The van der Waals surface area contributed by atoms with E-state index in [9.17, 15) is 0 Å². The van der Waals surface area contributed by atoms with Gasteiger partial charge in [-0.1, -0.05) is 41.9 Å².